The quantitative estimate of drug-likeness (QED) is 0.757. The Morgan fingerprint density at radius 3 is 2.89 bits per heavy atom. The van der Waals surface area contributed by atoms with Gasteiger partial charge in [0, 0.05) is 32.3 Å². The van der Waals surface area contributed by atoms with Gasteiger partial charge in [0.1, 0.15) is 0 Å². The molecule has 2 saturated heterocycles. The molecule has 0 radical (unpaired) electrons. The second-order valence-corrected chi connectivity index (χ2v) is 5.63. The van der Waals surface area contributed by atoms with Crippen LogP contribution in [-0.4, -0.2) is 72.7 Å². The number of aliphatic hydroxyl groups excluding tert-OH is 1. The molecule has 0 aliphatic carbocycles. The van der Waals surface area contributed by atoms with E-state index in [0.29, 0.717) is 6.54 Å². The lowest BCUT2D eigenvalue weighted by atomic mass is 9.99. The molecule has 19 heavy (non-hydrogen) atoms. The molecule has 2 fully saturated rings. The molecule has 0 bridgehead atoms. The normalized spacial score (nSPS) is 26.2. The number of hydrogen-bond donors (Lipinski definition) is 2. The zero-order valence-electron chi connectivity index (χ0n) is 11.8. The molecule has 2 aliphatic heterocycles. The van der Waals surface area contributed by atoms with Gasteiger partial charge in [-0.05, 0) is 45.2 Å². The Morgan fingerprint density at radius 1 is 1.16 bits per heavy atom. The van der Waals surface area contributed by atoms with Crippen LogP contribution in [0.25, 0.3) is 0 Å². The van der Waals surface area contributed by atoms with Gasteiger partial charge in [-0.2, -0.15) is 0 Å². The van der Waals surface area contributed by atoms with Crippen LogP contribution in [-0.2, 0) is 4.79 Å². The fraction of sp³-hybridized carbons (Fsp3) is 0.929. The van der Waals surface area contributed by atoms with E-state index in [9.17, 15) is 4.79 Å². The number of rotatable bonds is 4. The van der Waals surface area contributed by atoms with Crippen LogP contribution in [0.15, 0.2) is 0 Å². The van der Waals surface area contributed by atoms with Crippen LogP contribution >= 0.6 is 0 Å². The first kappa shape index (κ1) is 14.8. The Balaban J connectivity index is 1.85. The van der Waals surface area contributed by atoms with Crippen LogP contribution in [0, 0.1) is 0 Å². The van der Waals surface area contributed by atoms with Crippen LogP contribution in [0.4, 0.5) is 0 Å². The van der Waals surface area contributed by atoms with E-state index in [1.165, 1.54) is 6.42 Å². The molecule has 2 heterocycles. The van der Waals surface area contributed by atoms with Crippen molar-refractivity contribution in [1.29, 1.82) is 0 Å². The van der Waals surface area contributed by atoms with Gasteiger partial charge >= 0.3 is 0 Å². The van der Waals surface area contributed by atoms with E-state index in [0.717, 1.165) is 58.4 Å². The first-order valence-corrected chi connectivity index (χ1v) is 7.64. The van der Waals surface area contributed by atoms with E-state index in [2.05, 4.69) is 10.2 Å². The third-order valence-corrected chi connectivity index (χ3v) is 4.20. The predicted octanol–water partition coefficient (Wildman–Crippen LogP) is 0.0452. The lowest BCUT2D eigenvalue weighted by Gasteiger charge is -2.36. The Hall–Kier alpha value is -0.650. The molecule has 0 aromatic heterocycles. The zero-order valence-corrected chi connectivity index (χ0v) is 11.8. The van der Waals surface area contributed by atoms with Crippen LogP contribution in [0.2, 0.25) is 0 Å². The molecular formula is C14H27N3O2. The third kappa shape index (κ3) is 4.44. The fourth-order valence-electron chi connectivity index (χ4n) is 3.12. The molecular weight excluding hydrogens is 242 g/mol. The average Bonchev–Trinajstić information content (AvgIpc) is 2.68. The number of amides is 1. The van der Waals surface area contributed by atoms with E-state index < -0.39 is 0 Å². The highest BCUT2D eigenvalue weighted by Crippen LogP contribution is 2.19. The van der Waals surface area contributed by atoms with Crippen molar-refractivity contribution in [2.75, 3.05) is 45.9 Å². The Bertz CT molecular complexity index is 276. The molecule has 0 saturated carbocycles. The van der Waals surface area contributed by atoms with Gasteiger partial charge in [0.15, 0.2) is 0 Å². The SMILES string of the molecule is O=C(CN1CCCNCC1)N1CCCCC1CCO. The molecule has 0 aromatic carbocycles. The van der Waals surface area contributed by atoms with Gasteiger partial charge in [-0.15, -0.1) is 0 Å². The summed E-state index contributed by atoms with van der Waals surface area (Å²) in [7, 11) is 0. The molecule has 2 aliphatic rings. The summed E-state index contributed by atoms with van der Waals surface area (Å²) in [5.41, 5.74) is 0. The van der Waals surface area contributed by atoms with Gasteiger partial charge in [0.25, 0.3) is 0 Å². The second kappa shape index (κ2) is 7.82. The van der Waals surface area contributed by atoms with Crippen molar-refractivity contribution < 1.29 is 9.90 Å². The summed E-state index contributed by atoms with van der Waals surface area (Å²) in [5.74, 6) is 0.250. The Kier molecular flexibility index (Phi) is 6.07. The van der Waals surface area contributed by atoms with E-state index >= 15 is 0 Å². The van der Waals surface area contributed by atoms with Gasteiger partial charge in [-0.1, -0.05) is 0 Å². The standard InChI is InChI=1S/C14H27N3O2/c18-11-5-13-4-1-2-9-17(13)14(19)12-16-8-3-6-15-7-10-16/h13,15,18H,1-12H2. The minimum atomic E-state index is 0.183. The van der Waals surface area contributed by atoms with Crippen molar-refractivity contribution in [2.45, 2.75) is 38.1 Å². The summed E-state index contributed by atoms with van der Waals surface area (Å²) in [4.78, 5) is 16.7. The molecule has 2 N–H and O–H groups in total. The van der Waals surface area contributed by atoms with E-state index in [1.807, 2.05) is 4.90 Å². The third-order valence-electron chi connectivity index (χ3n) is 4.20. The highest BCUT2D eigenvalue weighted by Gasteiger charge is 2.27. The first-order valence-electron chi connectivity index (χ1n) is 7.64. The maximum Gasteiger partial charge on any atom is 0.236 e. The maximum absolute atomic E-state index is 12.4. The van der Waals surface area contributed by atoms with Crippen molar-refractivity contribution >= 4 is 5.91 Å². The molecule has 1 atom stereocenters. The summed E-state index contributed by atoms with van der Waals surface area (Å²) in [5, 5.41) is 12.5. The Morgan fingerprint density at radius 2 is 2.05 bits per heavy atom. The van der Waals surface area contributed by atoms with E-state index in [-0.39, 0.29) is 18.6 Å². The minimum absolute atomic E-state index is 0.183. The summed E-state index contributed by atoms with van der Waals surface area (Å²) in [6, 6.07) is 0.261. The molecule has 1 amide bonds. The number of nitrogens with zero attached hydrogens (tertiary/aromatic N) is 2. The van der Waals surface area contributed by atoms with E-state index in [4.69, 9.17) is 5.11 Å². The lowest BCUT2D eigenvalue weighted by molar-refractivity contribution is -0.136. The number of likely N-dealkylation sites (tertiary alicyclic amines) is 1. The smallest absolute Gasteiger partial charge is 0.236 e. The van der Waals surface area contributed by atoms with Crippen molar-refractivity contribution in [3.63, 3.8) is 0 Å². The number of carbonyl (C=O) groups excluding carboxylic acids is 1. The summed E-state index contributed by atoms with van der Waals surface area (Å²) >= 11 is 0. The maximum atomic E-state index is 12.4. The fourth-order valence-corrected chi connectivity index (χ4v) is 3.12. The minimum Gasteiger partial charge on any atom is -0.396 e. The lowest BCUT2D eigenvalue weighted by Crippen LogP contribution is -2.48. The van der Waals surface area contributed by atoms with Crippen LogP contribution in [0.1, 0.15) is 32.1 Å². The largest absolute Gasteiger partial charge is 0.396 e. The molecule has 5 heteroatoms. The zero-order chi connectivity index (χ0) is 13.5. The molecule has 2 rings (SSSR count). The molecule has 0 spiro atoms. The number of piperidine rings is 1. The predicted molar refractivity (Wildman–Crippen MR) is 75.0 cm³/mol. The monoisotopic (exact) mass is 269 g/mol. The van der Waals surface area contributed by atoms with Gasteiger partial charge in [-0.3, -0.25) is 9.69 Å². The molecule has 1 unspecified atom stereocenters. The van der Waals surface area contributed by atoms with Gasteiger partial charge < -0.3 is 15.3 Å². The van der Waals surface area contributed by atoms with Crippen LogP contribution < -0.4 is 5.32 Å². The number of hydrogen-bond acceptors (Lipinski definition) is 4. The summed E-state index contributed by atoms with van der Waals surface area (Å²) in [6.07, 6.45) is 5.19. The average molecular weight is 269 g/mol. The van der Waals surface area contributed by atoms with Crippen molar-refractivity contribution in [1.82, 2.24) is 15.1 Å². The number of carbonyl (C=O) groups is 1. The van der Waals surface area contributed by atoms with Gasteiger partial charge in [0.05, 0.1) is 6.54 Å². The summed E-state index contributed by atoms with van der Waals surface area (Å²) < 4.78 is 0. The van der Waals surface area contributed by atoms with Crippen molar-refractivity contribution in [2.24, 2.45) is 0 Å². The molecule has 110 valence electrons. The summed E-state index contributed by atoms with van der Waals surface area (Å²) in [6.45, 7) is 5.61. The highest BCUT2D eigenvalue weighted by molar-refractivity contribution is 5.78. The molecule has 5 nitrogen and oxygen atoms in total. The molecule has 0 aromatic rings. The topological polar surface area (TPSA) is 55.8 Å². The second-order valence-electron chi connectivity index (χ2n) is 5.63. The first-order chi connectivity index (χ1) is 9.31. The van der Waals surface area contributed by atoms with Crippen LogP contribution in [0.5, 0.6) is 0 Å². The van der Waals surface area contributed by atoms with Crippen LogP contribution in [0.3, 0.4) is 0 Å². The van der Waals surface area contributed by atoms with Gasteiger partial charge in [-0.25, -0.2) is 0 Å². The van der Waals surface area contributed by atoms with Crippen molar-refractivity contribution in [3.05, 3.63) is 0 Å². The van der Waals surface area contributed by atoms with E-state index in [1.54, 1.807) is 0 Å². The number of nitrogens with one attached hydrogen (secondary N) is 1. The highest BCUT2D eigenvalue weighted by atomic mass is 16.3. The Labute approximate surface area is 115 Å². The van der Waals surface area contributed by atoms with Gasteiger partial charge in [0.2, 0.25) is 5.91 Å². The number of aliphatic hydroxyl groups is 1. The van der Waals surface area contributed by atoms with Crippen molar-refractivity contribution in [3.8, 4) is 0 Å².